The van der Waals surface area contributed by atoms with E-state index in [9.17, 15) is 0 Å². The predicted molar refractivity (Wildman–Crippen MR) is 69.2 cm³/mol. The van der Waals surface area contributed by atoms with E-state index in [-0.39, 0.29) is 12.1 Å². The quantitative estimate of drug-likeness (QED) is 0.858. The minimum absolute atomic E-state index is 0.160. The van der Waals surface area contributed by atoms with E-state index in [1.54, 1.807) is 0 Å². The minimum Gasteiger partial charge on any atom is -0.491 e. The second-order valence-corrected chi connectivity index (χ2v) is 4.73. The molecule has 3 heteroatoms. The van der Waals surface area contributed by atoms with E-state index < -0.39 is 0 Å². The van der Waals surface area contributed by atoms with Crippen LogP contribution >= 0.6 is 11.6 Å². The Morgan fingerprint density at radius 2 is 2.06 bits per heavy atom. The Labute approximate surface area is 103 Å². The average Bonchev–Trinajstić information content (AvgIpc) is 2.21. The van der Waals surface area contributed by atoms with Gasteiger partial charge in [-0.3, -0.25) is 0 Å². The molecule has 2 nitrogen and oxygen atoms in total. The van der Waals surface area contributed by atoms with Gasteiger partial charge in [0.2, 0.25) is 0 Å². The number of benzene rings is 1. The first-order chi connectivity index (χ1) is 7.52. The predicted octanol–water partition coefficient (Wildman–Crippen LogP) is 3.41. The molecule has 16 heavy (non-hydrogen) atoms. The molecule has 0 amide bonds. The number of ether oxygens (including phenoxy) is 1. The zero-order chi connectivity index (χ0) is 12.1. The number of halogens is 1. The summed E-state index contributed by atoms with van der Waals surface area (Å²) in [6.07, 6.45) is 1.92. The molecule has 1 atom stereocenters. The second kappa shape index (κ2) is 6.12. The maximum absolute atomic E-state index is 5.98. The smallest absolute Gasteiger partial charge is 0.123 e. The van der Waals surface area contributed by atoms with Gasteiger partial charge in [0.25, 0.3) is 0 Å². The largest absolute Gasteiger partial charge is 0.491 e. The highest BCUT2D eigenvalue weighted by Crippen LogP contribution is 2.25. The lowest BCUT2D eigenvalue weighted by Gasteiger charge is -2.16. The van der Waals surface area contributed by atoms with E-state index in [1.807, 2.05) is 32.0 Å². The van der Waals surface area contributed by atoms with Crippen molar-refractivity contribution in [1.29, 1.82) is 0 Å². The standard InChI is InChI=1S/C13H20ClNO/c1-4-12(15)8-10-7-11(14)5-6-13(10)16-9(2)3/h5-7,9,12H,4,8,15H2,1-3H3. The summed E-state index contributed by atoms with van der Waals surface area (Å²) < 4.78 is 5.73. The van der Waals surface area contributed by atoms with Crippen molar-refractivity contribution in [3.63, 3.8) is 0 Å². The summed E-state index contributed by atoms with van der Waals surface area (Å²) in [6, 6.07) is 5.86. The van der Waals surface area contributed by atoms with Crippen LogP contribution in [0.1, 0.15) is 32.8 Å². The van der Waals surface area contributed by atoms with E-state index in [2.05, 4.69) is 6.92 Å². The van der Waals surface area contributed by atoms with Gasteiger partial charge in [-0.05, 0) is 50.5 Å². The molecule has 0 fully saturated rings. The number of rotatable bonds is 5. The fourth-order valence-electron chi connectivity index (χ4n) is 1.50. The molecule has 0 aliphatic heterocycles. The van der Waals surface area contributed by atoms with E-state index in [0.29, 0.717) is 0 Å². The monoisotopic (exact) mass is 241 g/mol. The Bertz CT molecular complexity index is 339. The van der Waals surface area contributed by atoms with Crippen LogP contribution in [0.25, 0.3) is 0 Å². The highest BCUT2D eigenvalue weighted by molar-refractivity contribution is 6.30. The van der Waals surface area contributed by atoms with E-state index in [4.69, 9.17) is 22.1 Å². The number of hydrogen-bond acceptors (Lipinski definition) is 2. The van der Waals surface area contributed by atoms with Gasteiger partial charge in [-0.25, -0.2) is 0 Å². The van der Waals surface area contributed by atoms with Crippen LogP contribution in [0.3, 0.4) is 0 Å². The van der Waals surface area contributed by atoms with Crippen molar-refractivity contribution in [2.45, 2.75) is 45.8 Å². The molecule has 0 saturated carbocycles. The molecule has 90 valence electrons. The van der Waals surface area contributed by atoms with Gasteiger partial charge in [0.15, 0.2) is 0 Å². The van der Waals surface area contributed by atoms with Crippen molar-refractivity contribution in [3.05, 3.63) is 28.8 Å². The minimum atomic E-state index is 0.160. The summed E-state index contributed by atoms with van der Waals surface area (Å²) in [5.74, 6) is 0.892. The third kappa shape index (κ3) is 4.03. The summed E-state index contributed by atoms with van der Waals surface area (Å²) in [4.78, 5) is 0. The lowest BCUT2D eigenvalue weighted by molar-refractivity contribution is 0.239. The lowest BCUT2D eigenvalue weighted by Crippen LogP contribution is -2.22. The highest BCUT2D eigenvalue weighted by atomic mass is 35.5. The molecule has 0 aliphatic rings. The van der Waals surface area contributed by atoms with Crippen molar-refractivity contribution in [1.82, 2.24) is 0 Å². The van der Waals surface area contributed by atoms with Crippen molar-refractivity contribution < 1.29 is 4.74 Å². The maximum Gasteiger partial charge on any atom is 0.123 e. The van der Waals surface area contributed by atoms with Gasteiger partial charge in [-0.15, -0.1) is 0 Å². The third-order valence-electron chi connectivity index (χ3n) is 2.39. The van der Waals surface area contributed by atoms with Gasteiger partial charge in [0, 0.05) is 11.1 Å². The molecule has 1 rings (SSSR count). The van der Waals surface area contributed by atoms with Crippen LogP contribution in [-0.4, -0.2) is 12.1 Å². The van der Waals surface area contributed by atoms with Gasteiger partial charge in [-0.1, -0.05) is 18.5 Å². The Morgan fingerprint density at radius 1 is 1.38 bits per heavy atom. The Balaban J connectivity index is 2.89. The highest BCUT2D eigenvalue weighted by Gasteiger charge is 2.09. The molecule has 0 aromatic heterocycles. The summed E-state index contributed by atoms with van der Waals surface area (Å²) >= 11 is 5.98. The van der Waals surface area contributed by atoms with Crippen LogP contribution in [-0.2, 0) is 6.42 Å². The summed E-state index contributed by atoms with van der Waals surface area (Å²) in [5.41, 5.74) is 7.05. The summed E-state index contributed by atoms with van der Waals surface area (Å²) in [6.45, 7) is 6.11. The van der Waals surface area contributed by atoms with Crippen molar-refractivity contribution in [2.24, 2.45) is 5.73 Å². The first-order valence-electron chi connectivity index (χ1n) is 5.73. The van der Waals surface area contributed by atoms with Crippen molar-refractivity contribution in [2.75, 3.05) is 0 Å². The zero-order valence-corrected chi connectivity index (χ0v) is 10.9. The summed E-state index contributed by atoms with van der Waals surface area (Å²) in [7, 11) is 0. The summed E-state index contributed by atoms with van der Waals surface area (Å²) in [5, 5.41) is 0.731. The molecule has 0 spiro atoms. The van der Waals surface area contributed by atoms with Gasteiger partial charge >= 0.3 is 0 Å². The third-order valence-corrected chi connectivity index (χ3v) is 2.63. The first-order valence-corrected chi connectivity index (χ1v) is 6.11. The van der Waals surface area contributed by atoms with Crippen LogP contribution < -0.4 is 10.5 Å². The molecule has 2 N–H and O–H groups in total. The number of nitrogens with two attached hydrogens (primary N) is 1. The van der Waals surface area contributed by atoms with Crippen LogP contribution in [0.15, 0.2) is 18.2 Å². The molecule has 1 unspecified atom stereocenters. The van der Waals surface area contributed by atoms with E-state index in [0.717, 1.165) is 29.2 Å². The fourth-order valence-corrected chi connectivity index (χ4v) is 1.70. The molecule has 0 heterocycles. The molecule has 0 saturated heterocycles. The van der Waals surface area contributed by atoms with Gasteiger partial charge < -0.3 is 10.5 Å². The maximum atomic E-state index is 5.98. The Hall–Kier alpha value is -0.730. The molecular weight excluding hydrogens is 222 g/mol. The first kappa shape index (κ1) is 13.3. The van der Waals surface area contributed by atoms with E-state index in [1.165, 1.54) is 0 Å². The Morgan fingerprint density at radius 3 is 2.62 bits per heavy atom. The fraction of sp³-hybridized carbons (Fsp3) is 0.538. The van der Waals surface area contributed by atoms with Gasteiger partial charge in [0.1, 0.15) is 5.75 Å². The average molecular weight is 242 g/mol. The molecule has 0 aliphatic carbocycles. The van der Waals surface area contributed by atoms with Gasteiger partial charge in [0.05, 0.1) is 6.10 Å². The number of hydrogen-bond donors (Lipinski definition) is 1. The molecule has 0 bridgehead atoms. The van der Waals surface area contributed by atoms with Crippen LogP contribution in [0.2, 0.25) is 5.02 Å². The molecule has 1 aromatic carbocycles. The molecular formula is C13H20ClNO. The zero-order valence-electron chi connectivity index (χ0n) is 10.2. The van der Waals surface area contributed by atoms with Gasteiger partial charge in [-0.2, -0.15) is 0 Å². The topological polar surface area (TPSA) is 35.2 Å². The lowest BCUT2D eigenvalue weighted by atomic mass is 10.0. The van der Waals surface area contributed by atoms with Crippen molar-refractivity contribution in [3.8, 4) is 5.75 Å². The van der Waals surface area contributed by atoms with E-state index >= 15 is 0 Å². The molecule has 1 aromatic rings. The SMILES string of the molecule is CCC(N)Cc1cc(Cl)ccc1OC(C)C. The van der Waals surface area contributed by atoms with Crippen LogP contribution in [0.5, 0.6) is 5.75 Å². The Kier molecular flexibility index (Phi) is 5.10. The molecule has 0 radical (unpaired) electrons. The normalized spacial score (nSPS) is 12.9. The van der Waals surface area contributed by atoms with Crippen molar-refractivity contribution >= 4 is 11.6 Å². The second-order valence-electron chi connectivity index (χ2n) is 4.29. The van der Waals surface area contributed by atoms with Crippen LogP contribution in [0, 0.1) is 0 Å². The van der Waals surface area contributed by atoms with Crippen LogP contribution in [0.4, 0.5) is 0 Å².